The van der Waals surface area contributed by atoms with E-state index in [-0.39, 0.29) is 24.2 Å². The summed E-state index contributed by atoms with van der Waals surface area (Å²) in [7, 11) is -1.94. The van der Waals surface area contributed by atoms with E-state index in [4.69, 9.17) is 0 Å². The number of amides is 1. The minimum absolute atomic E-state index is 0.0713. The Balaban J connectivity index is 1.67. The Hall–Kier alpha value is -2.25. The predicted molar refractivity (Wildman–Crippen MR) is 115 cm³/mol. The van der Waals surface area contributed by atoms with E-state index >= 15 is 0 Å². The number of rotatable bonds is 5. The fraction of sp³-hybridized carbons (Fsp3) is 0.435. The van der Waals surface area contributed by atoms with Crippen molar-refractivity contribution in [3.63, 3.8) is 0 Å². The monoisotopic (exact) mass is 432 g/mol. The van der Waals surface area contributed by atoms with Crippen molar-refractivity contribution in [2.75, 3.05) is 20.1 Å². The molecule has 1 amide bonds. The average molecular weight is 433 g/mol. The summed E-state index contributed by atoms with van der Waals surface area (Å²) in [5, 5.41) is 0. The largest absolute Gasteiger partial charge is 0.341 e. The molecule has 3 rings (SSSR count). The normalized spacial score (nSPS) is 15.9. The van der Waals surface area contributed by atoms with Gasteiger partial charge in [-0.3, -0.25) is 4.79 Å². The molecular weight excluding hydrogens is 403 g/mol. The molecule has 2 aromatic carbocycles. The molecule has 0 spiro atoms. The number of carbonyl (C=O) groups excluding carboxylic acids is 1. The average Bonchev–Trinajstić information content (AvgIpc) is 2.68. The number of aryl methyl sites for hydroxylation is 3. The molecule has 162 valence electrons. The summed E-state index contributed by atoms with van der Waals surface area (Å²) < 4.78 is 41.8. The molecule has 0 radical (unpaired) electrons. The van der Waals surface area contributed by atoms with Gasteiger partial charge in [-0.15, -0.1) is 0 Å². The van der Waals surface area contributed by atoms with Gasteiger partial charge in [-0.05, 0) is 50.8 Å². The highest BCUT2D eigenvalue weighted by Crippen LogP contribution is 2.29. The number of halogens is 1. The van der Waals surface area contributed by atoms with Gasteiger partial charge in [-0.1, -0.05) is 35.9 Å². The summed E-state index contributed by atoms with van der Waals surface area (Å²) in [6, 6.07) is 10.2. The first-order valence-corrected chi connectivity index (χ1v) is 11.6. The second-order valence-electron chi connectivity index (χ2n) is 8.19. The lowest BCUT2D eigenvalue weighted by Crippen LogP contribution is -2.43. The lowest BCUT2D eigenvalue weighted by molar-refractivity contribution is -0.136. The molecule has 0 saturated carbocycles. The van der Waals surface area contributed by atoms with Gasteiger partial charge in [0.1, 0.15) is 5.82 Å². The molecule has 0 aliphatic carbocycles. The quantitative estimate of drug-likeness (QED) is 0.722. The Morgan fingerprint density at radius 3 is 2.23 bits per heavy atom. The summed E-state index contributed by atoms with van der Waals surface area (Å²) in [6.45, 7) is 6.40. The van der Waals surface area contributed by atoms with E-state index in [1.165, 1.54) is 15.3 Å². The van der Waals surface area contributed by atoms with Crippen LogP contribution in [0.25, 0.3) is 0 Å². The lowest BCUT2D eigenvalue weighted by Gasteiger charge is -2.33. The number of hydrogen-bond donors (Lipinski definition) is 0. The Kier molecular flexibility index (Phi) is 6.62. The van der Waals surface area contributed by atoms with Crippen molar-refractivity contribution in [2.24, 2.45) is 5.92 Å². The van der Waals surface area contributed by atoms with Gasteiger partial charge in [0.2, 0.25) is 15.9 Å². The van der Waals surface area contributed by atoms with Crippen LogP contribution in [-0.2, 0) is 21.4 Å². The molecule has 0 unspecified atom stereocenters. The third-order valence-corrected chi connectivity index (χ3v) is 7.95. The van der Waals surface area contributed by atoms with Gasteiger partial charge >= 0.3 is 0 Å². The number of carbonyl (C=O) groups is 1. The standard InChI is InChI=1S/C23H29FN2O3S/c1-16-13-17(2)22(18(3)14-16)30(28,29)26-11-9-19(10-12-26)23(27)25(4)15-20-7-5-6-8-21(20)24/h5-8,13-14,19H,9-12,15H2,1-4H3. The lowest BCUT2D eigenvalue weighted by atomic mass is 9.96. The van der Waals surface area contributed by atoms with Crippen LogP contribution in [0.4, 0.5) is 4.39 Å². The van der Waals surface area contributed by atoms with Gasteiger partial charge < -0.3 is 4.90 Å². The first kappa shape index (κ1) is 22.4. The fourth-order valence-corrected chi connectivity index (χ4v) is 6.20. The van der Waals surface area contributed by atoms with E-state index < -0.39 is 10.0 Å². The molecule has 0 N–H and O–H groups in total. The number of hydrogen-bond acceptors (Lipinski definition) is 3. The summed E-state index contributed by atoms with van der Waals surface area (Å²) in [5.41, 5.74) is 3.00. The van der Waals surface area contributed by atoms with Crippen LogP contribution in [0.3, 0.4) is 0 Å². The third-order valence-electron chi connectivity index (χ3n) is 5.75. The molecule has 0 atom stereocenters. The molecule has 7 heteroatoms. The van der Waals surface area contributed by atoms with Crippen molar-refractivity contribution >= 4 is 15.9 Å². The summed E-state index contributed by atoms with van der Waals surface area (Å²) in [5.74, 6) is -0.659. The smallest absolute Gasteiger partial charge is 0.243 e. The van der Waals surface area contributed by atoms with Crippen LogP contribution in [0, 0.1) is 32.5 Å². The Bertz CT molecular complexity index is 1020. The first-order valence-electron chi connectivity index (χ1n) is 10.2. The first-order chi connectivity index (χ1) is 14.1. The SMILES string of the molecule is Cc1cc(C)c(S(=O)(=O)N2CCC(C(=O)N(C)Cc3ccccc3F)CC2)c(C)c1. The highest BCUT2D eigenvalue weighted by Gasteiger charge is 2.34. The molecular formula is C23H29FN2O3S. The number of piperidine rings is 1. The molecule has 2 aromatic rings. The van der Waals surface area contributed by atoms with Crippen LogP contribution in [0.15, 0.2) is 41.3 Å². The van der Waals surface area contributed by atoms with Gasteiger partial charge in [-0.2, -0.15) is 4.31 Å². The van der Waals surface area contributed by atoms with Crippen molar-refractivity contribution in [3.8, 4) is 0 Å². The molecule has 1 aliphatic heterocycles. The minimum Gasteiger partial charge on any atom is -0.341 e. The zero-order chi connectivity index (χ0) is 22.1. The number of nitrogens with zero attached hydrogens (tertiary/aromatic N) is 2. The van der Waals surface area contributed by atoms with E-state index in [0.717, 1.165) is 16.7 Å². The zero-order valence-corrected chi connectivity index (χ0v) is 18.8. The summed E-state index contributed by atoms with van der Waals surface area (Å²) >= 11 is 0. The third kappa shape index (κ3) is 4.57. The van der Waals surface area contributed by atoms with E-state index in [1.807, 2.05) is 32.9 Å². The molecule has 0 aromatic heterocycles. The van der Waals surface area contributed by atoms with Crippen molar-refractivity contribution < 1.29 is 17.6 Å². The molecule has 0 bridgehead atoms. The predicted octanol–water partition coefficient (Wildman–Crippen LogP) is 3.81. The van der Waals surface area contributed by atoms with Crippen LogP contribution in [0.2, 0.25) is 0 Å². The Labute approximate surface area is 178 Å². The van der Waals surface area contributed by atoms with E-state index in [0.29, 0.717) is 36.4 Å². The second kappa shape index (κ2) is 8.86. The molecule has 5 nitrogen and oxygen atoms in total. The van der Waals surface area contributed by atoms with Crippen molar-refractivity contribution in [1.82, 2.24) is 9.21 Å². The Morgan fingerprint density at radius 2 is 1.67 bits per heavy atom. The molecule has 1 fully saturated rings. The molecule has 1 heterocycles. The maximum absolute atomic E-state index is 13.9. The zero-order valence-electron chi connectivity index (χ0n) is 18.0. The van der Waals surface area contributed by atoms with Crippen LogP contribution < -0.4 is 0 Å². The van der Waals surface area contributed by atoms with Crippen LogP contribution in [0.1, 0.15) is 35.1 Å². The van der Waals surface area contributed by atoms with E-state index in [2.05, 4.69) is 0 Å². The Morgan fingerprint density at radius 1 is 1.10 bits per heavy atom. The highest BCUT2D eigenvalue weighted by molar-refractivity contribution is 7.89. The summed E-state index contributed by atoms with van der Waals surface area (Å²) in [4.78, 5) is 14.7. The van der Waals surface area contributed by atoms with E-state index in [1.54, 1.807) is 25.2 Å². The molecule has 30 heavy (non-hydrogen) atoms. The molecule has 1 saturated heterocycles. The van der Waals surface area contributed by atoms with Crippen LogP contribution >= 0.6 is 0 Å². The van der Waals surface area contributed by atoms with Gasteiger partial charge in [0.25, 0.3) is 0 Å². The fourth-order valence-electron chi connectivity index (χ4n) is 4.32. The van der Waals surface area contributed by atoms with Crippen LogP contribution in [0.5, 0.6) is 0 Å². The van der Waals surface area contributed by atoms with Crippen molar-refractivity contribution in [2.45, 2.75) is 45.1 Å². The van der Waals surface area contributed by atoms with Gasteiger partial charge in [0, 0.05) is 38.2 Å². The van der Waals surface area contributed by atoms with E-state index in [9.17, 15) is 17.6 Å². The van der Waals surface area contributed by atoms with Gasteiger partial charge in [0.05, 0.1) is 4.90 Å². The van der Waals surface area contributed by atoms with Gasteiger partial charge in [-0.25, -0.2) is 12.8 Å². The highest BCUT2D eigenvalue weighted by atomic mass is 32.2. The number of sulfonamides is 1. The van der Waals surface area contributed by atoms with Crippen molar-refractivity contribution in [3.05, 3.63) is 64.5 Å². The molecule has 1 aliphatic rings. The minimum atomic E-state index is -3.60. The topological polar surface area (TPSA) is 57.7 Å². The van der Waals surface area contributed by atoms with Crippen LogP contribution in [-0.4, -0.2) is 43.7 Å². The van der Waals surface area contributed by atoms with Gasteiger partial charge in [0.15, 0.2) is 0 Å². The maximum atomic E-state index is 13.9. The number of benzene rings is 2. The second-order valence-corrected chi connectivity index (χ2v) is 10.1. The summed E-state index contributed by atoms with van der Waals surface area (Å²) in [6.07, 6.45) is 0.924. The van der Waals surface area contributed by atoms with Crippen molar-refractivity contribution in [1.29, 1.82) is 0 Å². The maximum Gasteiger partial charge on any atom is 0.243 e.